The van der Waals surface area contributed by atoms with E-state index in [9.17, 15) is 0 Å². The van der Waals surface area contributed by atoms with Crippen molar-refractivity contribution in [2.45, 2.75) is 38.5 Å². The maximum atomic E-state index is 5.01. The van der Waals surface area contributed by atoms with Crippen LogP contribution in [-0.4, -0.2) is 19.1 Å². The molecule has 0 spiro atoms. The lowest BCUT2D eigenvalue weighted by atomic mass is 9.76. The molecule has 0 radical (unpaired) electrons. The summed E-state index contributed by atoms with van der Waals surface area (Å²) < 4.78 is 4.79. The fraction of sp³-hybridized carbons (Fsp3) is 0.130. The Hall–Kier alpha value is -6.20. The number of nitrogens with zero attached hydrogens (tertiary/aromatic N) is 5. The smallest absolute Gasteiger partial charge is 0.141 e. The van der Waals surface area contributed by atoms with Crippen LogP contribution in [0.15, 0.2) is 140 Å². The molecule has 0 aliphatic carbocycles. The molecule has 244 valence electrons. The van der Waals surface area contributed by atoms with Crippen molar-refractivity contribution in [3.05, 3.63) is 162 Å². The Bertz CT molecular complexity index is 2740. The van der Waals surface area contributed by atoms with Gasteiger partial charge in [-0.25, -0.2) is 9.97 Å². The van der Waals surface area contributed by atoms with Crippen molar-refractivity contribution in [2.75, 3.05) is 4.90 Å². The zero-order valence-electron chi connectivity index (χ0n) is 29.0. The van der Waals surface area contributed by atoms with Gasteiger partial charge >= 0.3 is 0 Å². The van der Waals surface area contributed by atoms with Crippen molar-refractivity contribution in [2.24, 2.45) is 0 Å². The van der Waals surface area contributed by atoms with Crippen LogP contribution in [-0.2, 0) is 10.8 Å². The number of fused-ring (bicyclic) bond motifs is 10. The predicted octanol–water partition coefficient (Wildman–Crippen LogP) is 11.4. The molecule has 5 aromatic carbocycles. The van der Waals surface area contributed by atoms with Crippen molar-refractivity contribution in [3.8, 4) is 11.6 Å². The summed E-state index contributed by atoms with van der Waals surface area (Å²) in [5.41, 5.74) is 12.9. The lowest BCUT2D eigenvalue weighted by molar-refractivity contribution is 0.624. The molecular formula is C46H35N5. The minimum atomic E-state index is -0.161. The van der Waals surface area contributed by atoms with Gasteiger partial charge in [0.2, 0.25) is 0 Å². The molecule has 5 nitrogen and oxygen atoms in total. The Morgan fingerprint density at radius 1 is 0.431 bits per heavy atom. The van der Waals surface area contributed by atoms with E-state index in [1.807, 2.05) is 12.4 Å². The van der Waals surface area contributed by atoms with Gasteiger partial charge in [-0.3, -0.25) is 9.13 Å². The first-order valence-electron chi connectivity index (χ1n) is 17.8. The van der Waals surface area contributed by atoms with E-state index in [1.165, 1.54) is 54.8 Å². The third kappa shape index (κ3) is 3.60. The molecule has 0 atom stereocenters. The van der Waals surface area contributed by atoms with Gasteiger partial charge in [0.15, 0.2) is 0 Å². The monoisotopic (exact) mass is 657 g/mol. The highest BCUT2D eigenvalue weighted by Crippen LogP contribution is 2.50. The number of hydrogen-bond donors (Lipinski definition) is 0. The average Bonchev–Trinajstić information content (AvgIpc) is 3.67. The fourth-order valence-electron chi connectivity index (χ4n) is 9.28. The number of pyridine rings is 2. The Balaban J connectivity index is 1.20. The molecule has 0 unspecified atom stereocenters. The Morgan fingerprint density at radius 2 is 0.902 bits per heavy atom. The van der Waals surface area contributed by atoms with Gasteiger partial charge in [-0.15, -0.1) is 0 Å². The summed E-state index contributed by atoms with van der Waals surface area (Å²) in [5.74, 6) is 2.02. The zero-order valence-corrected chi connectivity index (χ0v) is 29.0. The number of rotatable bonds is 3. The minimum Gasteiger partial charge on any atom is -0.310 e. The number of hydrogen-bond acceptors (Lipinski definition) is 3. The summed E-state index contributed by atoms with van der Waals surface area (Å²) in [6, 6.07) is 46.6. The van der Waals surface area contributed by atoms with Crippen LogP contribution in [0.25, 0.3) is 55.2 Å². The predicted molar refractivity (Wildman–Crippen MR) is 210 cm³/mol. The highest BCUT2D eigenvalue weighted by Gasteiger charge is 2.37. The number of benzene rings is 5. The van der Waals surface area contributed by atoms with Crippen LogP contribution in [0.1, 0.15) is 49.9 Å². The highest BCUT2D eigenvalue weighted by atomic mass is 15.2. The number of anilines is 3. The van der Waals surface area contributed by atoms with Gasteiger partial charge in [0.1, 0.15) is 11.6 Å². The minimum absolute atomic E-state index is 0.161. The highest BCUT2D eigenvalue weighted by molar-refractivity contribution is 6.14. The van der Waals surface area contributed by atoms with Crippen molar-refractivity contribution in [3.63, 3.8) is 0 Å². The van der Waals surface area contributed by atoms with Crippen LogP contribution in [0, 0.1) is 0 Å². The molecule has 51 heavy (non-hydrogen) atoms. The lowest BCUT2D eigenvalue weighted by Crippen LogP contribution is -2.26. The molecule has 0 saturated heterocycles. The molecule has 0 N–H and O–H groups in total. The molecule has 6 heterocycles. The molecule has 4 aromatic heterocycles. The standard InChI is InChI=1S/C46H35N5/c1-45(2)35-16-8-14-33-31-22-20-29(26-39(31)50(41(33)35)43-37(45)18-10-24-47-43)49(28-12-6-5-7-13-28)30-21-23-32-34-15-9-17-36-42(34)51(40(32)27-30)44-38(46(36,3)4)19-11-25-48-44/h5-27H,1-4H3. The van der Waals surface area contributed by atoms with E-state index < -0.39 is 0 Å². The summed E-state index contributed by atoms with van der Waals surface area (Å²) in [7, 11) is 0. The number of aromatic nitrogens is 4. The van der Waals surface area contributed by atoms with Crippen molar-refractivity contribution < 1.29 is 0 Å². The van der Waals surface area contributed by atoms with Crippen LogP contribution in [0.5, 0.6) is 0 Å². The molecule has 11 rings (SSSR count). The van der Waals surface area contributed by atoms with Gasteiger partial charge in [-0.05, 0) is 59.7 Å². The van der Waals surface area contributed by atoms with Crippen molar-refractivity contribution in [1.82, 2.24) is 19.1 Å². The normalized spacial score (nSPS) is 15.0. The van der Waals surface area contributed by atoms with E-state index in [1.54, 1.807) is 0 Å². The van der Waals surface area contributed by atoms with Gasteiger partial charge in [0, 0.05) is 73.0 Å². The second kappa shape index (κ2) is 9.73. The van der Waals surface area contributed by atoms with Gasteiger partial charge in [0.05, 0.1) is 22.1 Å². The second-order valence-electron chi connectivity index (χ2n) is 15.1. The number of para-hydroxylation sites is 3. The quantitative estimate of drug-likeness (QED) is 0.190. The van der Waals surface area contributed by atoms with Crippen LogP contribution >= 0.6 is 0 Å². The van der Waals surface area contributed by atoms with Crippen LogP contribution < -0.4 is 4.90 Å². The third-order valence-electron chi connectivity index (χ3n) is 11.8. The maximum Gasteiger partial charge on any atom is 0.141 e. The molecule has 2 aliphatic rings. The molecule has 5 heteroatoms. The SMILES string of the molecule is CC1(C)c2cccnc2-n2c3cc(N(c4ccccc4)c4ccc5c6cccc7c6n(c5c4)-c4ncccc4C7(C)C)ccc3c3cccc1c32. The molecule has 9 aromatic rings. The summed E-state index contributed by atoms with van der Waals surface area (Å²) in [6.07, 6.45) is 3.84. The lowest BCUT2D eigenvalue weighted by Gasteiger charge is -2.33. The van der Waals surface area contributed by atoms with Gasteiger partial charge in [-0.1, -0.05) is 107 Å². The molecule has 0 saturated carbocycles. The molecule has 0 fully saturated rings. The fourth-order valence-corrected chi connectivity index (χ4v) is 9.28. The van der Waals surface area contributed by atoms with Crippen LogP contribution in [0.4, 0.5) is 17.1 Å². The van der Waals surface area contributed by atoms with Crippen molar-refractivity contribution >= 4 is 60.7 Å². The Morgan fingerprint density at radius 3 is 1.39 bits per heavy atom. The largest absolute Gasteiger partial charge is 0.310 e. The molecule has 0 amide bonds. The maximum absolute atomic E-state index is 5.01. The summed E-state index contributed by atoms with van der Waals surface area (Å²) in [4.78, 5) is 12.4. The topological polar surface area (TPSA) is 38.9 Å². The second-order valence-corrected chi connectivity index (χ2v) is 15.1. The van der Waals surface area contributed by atoms with Crippen LogP contribution in [0.2, 0.25) is 0 Å². The zero-order chi connectivity index (χ0) is 34.2. The van der Waals surface area contributed by atoms with E-state index in [0.29, 0.717) is 0 Å². The Kier molecular flexibility index (Phi) is 5.46. The molecule has 2 aliphatic heterocycles. The first-order chi connectivity index (χ1) is 24.8. The summed E-state index contributed by atoms with van der Waals surface area (Å²) >= 11 is 0. The van der Waals surface area contributed by atoms with E-state index >= 15 is 0 Å². The van der Waals surface area contributed by atoms with Crippen molar-refractivity contribution in [1.29, 1.82) is 0 Å². The van der Waals surface area contributed by atoms with Gasteiger partial charge in [-0.2, -0.15) is 0 Å². The Labute approximate surface area is 296 Å². The van der Waals surface area contributed by atoms with Crippen LogP contribution in [0.3, 0.4) is 0 Å². The first kappa shape index (κ1) is 28.6. The van der Waals surface area contributed by atoms with E-state index in [4.69, 9.17) is 9.97 Å². The van der Waals surface area contributed by atoms with E-state index in [2.05, 4.69) is 169 Å². The molecule has 0 bridgehead atoms. The van der Waals surface area contributed by atoms with Gasteiger partial charge < -0.3 is 4.90 Å². The summed E-state index contributed by atoms with van der Waals surface area (Å²) in [5, 5.41) is 4.98. The van der Waals surface area contributed by atoms with E-state index in [-0.39, 0.29) is 10.8 Å². The average molecular weight is 658 g/mol. The molecular weight excluding hydrogens is 623 g/mol. The van der Waals surface area contributed by atoms with E-state index in [0.717, 1.165) is 39.7 Å². The first-order valence-corrected chi connectivity index (χ1v) is 17.8. The van der Waals surface area contributed by atoms with Gasteiger partial charge in [0.25, 0.3) is 0 Å². The summed E-state index contributed by atoms with van der Waals surface area (Å²) in [6.45, 7) is 9.27. The third-order valence-corrected chi connectivity index (χ3v) is 11.8.